The Hall–Kier alpha value is -4.16. The van der Waals surface area contributed by atoms with Gasteiger partial charge >= 0.3 is 5.97 Å². The molecule has 48 heavy (non-hydrogen) atoms. The Kier molecular flexibility index (Phi) is 9.81. The van der Waals surface area contributed by atoms with Gasteiger partial charge in [0.1, 0.15) is 29.3 Å². The monoisotopic (exact) mass is 681 g/mol. The van der Waals surface area contributed by atoms with Gasteiger partial charge in [-0.3, -0.25) is 9.79 Å². The number of aryl methyl sites for hydroxylation is 2. The zero-order valence-electron chi connectivity index (χ0n) is 27.8. The Morgan fingerprint density at radius 2 is 1.69 bits per heavy atom. The van der Waals surface area contributed by atoms with Crippen molar-refractivity contribution < 1.29 is 36.3 Å². The number of esters is 1. The maximum atomic E-state index is 14.5. The summed E-state index contributed by atoms with van der Waals surface area (Å²) < 4.78 is 68.3. The Balaban J connectivity index is 1.26. The molecule has 1 saturated heterocycles. The molecule has 0 atom stereocenters. The van der Waals surface area contributed by atoms with Gasteiger partial charge in [-0.1, -0.05) is 36.4 Å². The number of aliphatic imine (C=N–C) groups is 1. The minimum atomic E-state index is -3.67. The lowest BCUT2D eigenvalue weighted by atomic mass is 9.89. The topological polar surface area (TPSA) is 114 Å². The van der Waals surface area contributed by atoms with Crippen molar-refractivity contribution in [2.24, 2.45) is 4.99 Å². The van der Waals surface area contributed by atoms with Gasteiger partial charge in [-0.25, -0.2) is 26.3 Å². The first-order valence-electron chi connectivity index (χ1n) is 15.9. The Bertz CT molecular complexity index is 1820. The SMILES string of the molecule is Cc1cc(C(=O)OC(C)(C)C)ccc1CCS(=O)(=O)N1CCC2(CC1)N=C(c1cc(OCc3ccccc3)cc(C(C)(F)F)c1)NC2=O. The number of rotatable bonds is 10. The lowest BCUT2D eigenvalue weighted by Crippen LogP contribution is -2.50. The van der Waals surface area contributed by atoms with E-state index in [-0.39, 0.29) is 67.4 Å². The Labute approximate surface area is 280 Å². The van der Waals surface area contributed by atoms with E-state index < -0.39 is 39.0 Å². The fourth-order valence-electron chi connectivity index (χ4n) is 5.75. The molecule has 3 aromatic carbocycles. The summed E-state index contributed by atoms with van der Waals surface area (Å²) in [5.41, 5.74) is 1.02. The molecule has 256 valence electrons. The molecule has 0 radical (unpaired) electrons. The number of benzene rings is 3. The van der Waals surface area contributed by atoms with Gasteiger partial charge in [0.2, 0.25) is 10.0 Å². The summed E-state index contributed by atoms with van der Waals surface area (Å²) in [4.78, 5) is 30.4. The first-order chi connectivity index (χ1) is 22.4. The molecule has 9 nitrogen and oxygen atoms in total. The number of hydrogen-bond donors (Lipinski definition) is 1. The summed E-state index contributed by atoms with van der Waals surface area (Å²) in [6.45, 7) is 8.32. The maximum absolute atomic E-state index is 14.5. The molecule has 2 aliphatic heterocycles. The number of carbonyl (C=O) groups excluding carboxylic acids is 2. The third-order valence-electron chi connectivity index (χ3n) is 8.47. The van der Waals surface area contributed by atoms with E-state index in [1.165, 1.54) is 16.4 Å². The third kappa shape index (κ3) is 8.27. The Morgan fingerprint density at radius 1 is 1.00 bits per heavy atom. The van der Waals surface area contributed by atoms with E-state index in [9.17, 15) is 26.8 Å². The van der Waals surface area contributed by atoms with Crippen LogP contribution in [0.25, 0.3) is 0 Å². The standard InChI is InChI=1S/C36H41F2N3O6S/c1-24-19-27(32(42)47-34(2,3)4)12-11-26(24)13-18-48(44,45)41-16-14-36(15-17-41)33(43)39-31(40-36)28-20-29(35(5,37)38)22-30(21-28)46-23-25-9-7-6-8-10-25/h6-12,19-22H,13-18,23H2,1-5H3,(H,39,40,43). The smallest absolute Gasteiger partial charge is 0.338 e. The number of amides is 1. The molecule has 1 spiro atoms. The van der Waals surface area contributed by atoms with Crippen LogP contribution in [0.1, 0.15) is 78.7 Å². The summed E-state index contributed by atoms with van der Waals surface area (Å²) in [5, 5.41) is 2.75. The molecule has 2 aliphatic rings. The highest BCUT2D eigenvalue weighted by Gasteiger charge is 2.47. The summed E-state index contributed by atoms with van der Waals surface area (Å²) in [6, 6.07) is 18.5. The molecule has 12 heteroatoms. The number of nitrogens with zero attached hydrogens (tertiary/aromatic N) is 2. The Morgan fingerprint density at radius 3 is 2.31 bits per heavy atom. The molecule has 1 fully saturated rings. The minimum absolute atomic E-state index is 0.0849. The number of ether oxygens (including phenoxy) is 2. The zero-order valence-corrected chi connectivity index (χ0v) is 28.6. The number of amidine groups is 1. The van der Waals surface area contributed by atoms with Gasteiger partial charge < -0.3 is 14.8 Å². The predicted molar refractivity (Wildman–Crippen MR) is 179 cm³/mol. The van der Waals surface area contributed by atoms with Gasteiger partial charge in [-0.05, 0) is 94.0 Å². The molecule has 3 aromatic rings. The molecule has 1 amide bonds. The molecule has 2 heterocycles. The fourth-order valence-corrected chi connectivity index (χ4v) is 7.22. The van der Waals surface area contributed by atoms with Gasteiger partial charge in [0.25, 0.3) is 11.8 Å². The van der Waals surface area contributed by atoms with Gasteiger partial charge in [0.05, 0.1) is 11.3 Å². The molecule has 0 aromatic heterocycles. The maximum Gasteiger partial charge on any atom is 0.338 e. The normalized spacial score (nSPS) is 16.8. The van der Waals surface area contributed by atoms with Crippen molar-refractivity contribution in [2.45, 2.75) is 77.6 Å². The lowest BCUT2D eigenvalue weighted by Gasteiger charge is -2.34. The summed E-state index contributed by atoms with van der Waals surface area (Å²) in [6.07, 6.45) is 0.540. The van der Waals surface area contributed by atoms with Crippen molar-refractivity contribution in [3.8, 4) is 5.75 Å². The number of nitrogens with one attached hydrogen (secondary N) is 1. The number of halogens is 2. The van der Waals surface area contributed by atoms with E-state index in [4.69, 9.17) is 9.47 Å². The second-order valence-corrected chi connectivity index (χ2v) is 15.6. The number of sulfonamides is 1. The molecule has 0 bridgehead atoms. The van der Waals surface area contributed by atoms with Gasteiger partial charge in [-0.2, -0.15) is 0 Å². The van der Waals surface area contributed by atoms with Crippen LogP contribution in [0.15, 0.2) is 71.7 Å². The van der Waals surface area contributed by atoms with Gasteiger partial charge in [0.15, 0.2) is 0 Å². The van der Waals surface area contributed by atoms with Crippen molar-refractivity contribution in [3.63, 3.8) is 0 Å². The number of hydrogen-bond acceptors (Lipinski definition) is 7. The molecule has 5 rings (SSSR count). The molecular weight excluding hydrogens is 640 g/mol. The second kappa shape index (κ2) is 13.4. The van der Waals surface area contributed by atoms with Crippen LogP contribution in [-0.2, 0) is 38.5 Å². The molecular formula is C36H41F2N3O6S. The number of carbonyl (C=O) groups is 2. The largest absolute Gasteiger partial charge is 0.489 e. The predicted octanol–water partition coefficient (Wildman–Crippen LogP) is 5.92. The first kappa shape index (κ1) is 35.2. The summed E-state index contributed by atoms with van der Waals surface area (Å²) >= 11 is 0. The molecule has 0 aliphatic carbocycles. The van der Waals surface area contributed by atoms with E-state index in [1.54, 1.807) is 45.0 Å². The zero-order chi connectivity index (χ0) is 34.9. The molecule has 1 N–H and O–H groups in total. The third-order valence-corrected chi connectivity index (χ3v) is 10.3. The van der Waals surface area contributed by atoms with Crippen molar-refractivity contribution in [1.82, 2.24) is 9.62 Å². The van der Waals surface area contributed by atoms with E-state index in [0.29, 0.717) is 5.56 Å². The van der Waals surface area contributed by atoms with Crippen LogP contribution < -0.4 is 10.1 Å². The van der Waals surface area contributed by atoms with Crippen LogP contribution >= 0.6 is 0 Å². The lowest BCUT2D eigenvalue weighted by molar-refractivity contribution is -0.124. The van der Waals surface area contributed by atoms with Gasteiger partial charge in [-0.15, -0.1) is 0 Å². The van der Waals surface area contributed by atoms with Crippen LogP contribution in [0.2, 0.25) is 0 Å². The minimum Gasteiger partial charge on any atom is -0.489 e. The van der Waals surface area contributed by atoms with Crippen molar-refractivity contribution in [1.29, 1.82) is 0 Å². The van der Waals surface area contributed by atoms with Crippen molar-refractivity contribution in [3.05, 3.63) is 100 Å². The van der Waals surface area contributed by atoms with Crippen LogP contribution in [0.4, 0.5) is 8.78 Å². The quantitative estimate of drug-likeness (QED) is 0.266. The highest BCUT2D eigenvalue weighted by atomic mass is 32.2. The first-order valence-corrected chi connectivity index (χ1v) is 17.5. The highest BCUT2D eigenvalue weighted by molar-refractivity contribution is 7.89. The summed E-state index contributed by atoms with van der Waals surface area (Å²) in [7, 11) is -3.67. The fraction of sp³-hybridized carbons (Fsp3) is 0.417. The average Bonchev–Trinajstić information content (AvgIpc) is 3.33. The van der Waals surface area contributed by atoms with Crippen LogP contribution in [0.5, 0.6) is 5.75 Å². The van der Waals surface area contributed by atoms with Crippen LogP contribution in [0, 0.1) is 6.92 Å². The van der Waals surface area contributed by atoms with E-state index in [2.05, 4.69) is 10.3 Å². The van der Waals surface area contributed by atoms with E-state index in [0.717, 1.165) is 23.6 Å². The van der Waals surface area contributed by atoms with Gasteiger partial charge in [0, 0.05) is 31.1 Å². The van der Waals surface area contributed by atoms with Crippen molar-refractivity contribution in [2.75, 3.05) is 18.8 Å². The van der Waals surface area contributed by atoms with Crippen LogP contribution in [-0.4, -0.2) is 60.4 Å². The highest BCUT2D eigenvalue weighted by Crippen LogP contribution is 2.35. The average molecular weight is 682 g/mol. The van der Waals surface area contributed by atoms with Crippen molar-refractivity contribution >= 4 is 27.7 Å². The molecule has 0 unspecified atom stereocenters. The molecule has 0 saturated carbocycles. The number of piperidine rings is 1. The number of alkyl halides is 2. The van der Waals surface area contributed by atoms with Crippen LogP contribution in [0.3, 0.4) is 0 Å². The van der Waals surface area contributed by atoms with E-state index >= 15 is 0 Å². The summed E-state index contributed by atoms with van der Waals surface area (Å²) in [5.74, 6) is -3.78. The second-order valence-electron chi connectivity index (χ2n) is 13.5. The van der Waals surface area contributed by atoms with E-state index in [1.807, 2.05) is 37.3 Å².